The molecule has 0 bridgehead atoms. The number of carbonyl (C=O) groups is 1. The lowest BCUT2D eigenvalue weighted by Gasteiger charge is -2.12. The third kappa shape index (κ3) is 4.33. The van der Waals surface area contributed by atoms with Gasteiger partial charge in [-0.25, -0.2) is 0 Å². The molecule has 0 fully saturated rings. The zero-order valence-corrected chi connectivity index (χ0v) is 11.3. The molecule has 0 N–H and O–H groups in total. The molecule has 0 aliphatic carbocycles. The number of alkyl halides is 4. The van der Waals surface area contributed by atoms with Crippen molar-refractivity contribution < 1.29 is 22.7 Å². The number of carbonyl (C=O) groups excluding carboxylic acids is 1. The number of Topliss-reactive ketones (excluding diaryl/α,β-unsaturated/α-hetero) is 1. The third-order valence-electron chi connectivity index (χ3n) is 2.31. The summed E-state index contributed by atoms with van der Waals surface area (Å²) < 4.78 is 40.0. The van der Waals surface area contributed by atoms with Crippen LogP contribution >= 0.6 is 15.9 Å². The molecule has 0 saturated carbocycles. The van der Waals surface area contributed by atoms with E-state index in [0.717, 1.165) is 6.07 Å². The van der Waals surface area contributed by atoms with Crippen molar-refractivity contribution in [2.24, 2.45) is 0 Å². The largest absolute Gasteiger partial charge is 0.573 e. The van der Waals surface area contributed by atoms with Crippen LogP contribution in [-0.4, -0.2) is 17.5 Å². The van der Waals surface area contributed by atoms with Crippen molar-refractivity contribution in [1.29, 1.82) is 0 Å². The fourth-order valence-electron chi connectivity index (χ4n) is 1.55. The summed E-state index contributed by atoms with van der Waals surface area (Å²) in [6.45, 7) is 1.78. The molecule has 18 heavy (non-hydrogen) atoms. The molecule has 0 amide bonds. The van der Waals surface area contributed by atoms with Crippen molar-refractivity contribution in [2.45, 2.75) is 26.1 Å². The van der Waals surface area contributed by atoms with Crippen molar-refractivity contribution in [2.75, 3.05) is 5.33 Å². The predicted octanol–water partition coefficient (Wildman–Crippen LogP) is 4.12. The van der Waals surface area contributed by atoms with E-state index in [9.17, 15) is 18.0 Å². The summed E-state index contributed by atoms with van der Waals surface area (Å²) in [7, 11) is 0. The highest BCUT2D eigenvalue weighted by molar-refractivity contribution is 9.09. The summed E-state index contributed by atoms with van der Waals surface area (Å²) in [5, 5.41) is 0.524. The van der Waals surface area contributed by atoms with E-state index < -0.39 is 6.36 Å². The first-order chi connectivity index (χ1) is 8.37. The Hall–Kier alpha value is -1.04. The second-order valence-electron chi connectivity index (χ2n) is 3.58. The molecular formula is C12H12BrF3O2. The lowest BCUT2D eigenvalue weighted by atomic mass is 10.00. The summed E-state index contributed by atoms with van der Waals surface area (Å²) in [6.07, 6.45) is -3.93. The van der Waals surface area contributed by atoms with Crippen LogP contribution in [0.3, 0.4) is 0 Å². The minimum atomic E-state index is -4.72. The summed E-state index contributed by atoms with van der Waals surface area (Å²) in [5.74, 6) is -0.392. The quantitative estimate of drug-likeness (QED) is 0.601. The number of ketones is 1. The Morgan fingerprint density at radius 3 is 2.56 bits per heavy atom. The van der Waals surface area contributed by atoms with E-state index in [1.165, 1.54) is 12.1 Å². The monoisotopic (exact) mass is 324 g/mol. The Kier molecular flexibility index (Phi) is 5.19. The van der Waals surface area contributed by atoms with E-state index in [1.807, 2.05) is 0 Å². The number of ether oxygens (including phenoxy) is 1. The summed E-state index contributed by atoms with van der Waals surface area (Å²) in [5.41, 5.74) is 1.01. The van der Waals surface area contributed by atoms with Gasteiger partial charge in [-0.05, 0) is 30.2 Å². The SMILES string of the molecule is CCc1cc(OC(F)(F)F)ccc1C(=O)CCBr. The Balaban J connectivity index is 3.00. The molecule has 1 aromatic carbocycles. The zero-order chi connectivity index (χ0) is 13.8. The third-order valence-corrected chi connectivity index (χ3v) is 2.71. The molecule has 0 aliphatic rings. The predicted molar refractivity (Wildman–Crippen MR) is 65.2 cm³/mol. The number of aryl methyl sites for hydroxylation is 1. The standard InChI is InChI=1S/C12H12BrF3O2/c1-2-8-7-9(18-12(14,15)16)3-4-10(8)11(17)5-6-13/h3-4,7H,2,5-6H2,1H3. The lowest BCUT2D eigenvalue weighted by Crippen LogP contribution is -2.17. The van der Waals surface area contributed by atoms with E-state index in [4.69, 9.17) is 0 Å². The molecule has 1 rings (SSSR count). The van der Waals surface area contributed by atoms with Crippen LogP contribution < -0.4 is 4.74 Å². The summed E-state index contributed by atoms with van der Waals surface area (Å²) in [4.78, 5) is 11.7. The van der Waals surface area contributed by atoms with E-state index in [-0.39, 0.29) is 11.5 Å². The Labute approximate surface area is 111 Å². The Morgan fingerprint density at radius 1 is 1.39 bits per heavy atom. The average Bonchev–Trinajstić information content (AvgIpc) is 2.27. The van der Waals surface area contributed by atoms with Gasteiger partial charge in [0.1, 0.15) is 5.75 Å². The smallest absolute Gasteiger partial charge is 0.406 e. The minimum absolute atomic E-state index is 0.0951. The number of benzene rings is 1. The molecule has 2 nitrogen and oxygen atoms in total. The molecule has 6 heteroatoms. The highest BCUT2D eigenvalue weighted by Crippen LogP contribution is 2.26. The van der Waals surface area contributed by atoms with Gasteiger partial charge in [0.25, 0.3) is 0 Å². The molecule has 0 aliphatic heterocycles. The average molecular weight is 325 g/mol. The van der Waals surface area contributed by atoms with Crippen molar-refractivity contribution in [3.05, 3.63) is 29.3 Å². The van der Waals surface area contributed by atoms with Crippen LogP contribution in [0.4, 0.5) is 13.2 Å². The Bertz CT molecular complexity index is 430. The van der Waals surface area contributed by atoms with Crippen LogP contribution in [0.15, 0.2) is 18.2 Å². The van der Waals surface area contributed by atoms with Gasteiger partial charge < -0.3 is 4.74 Å². The van der Waals surface area contributed by atoms with Gasteiger partial charge >= 0.3 is 6.36 Å². The molecule has 0 aromatic heterocycles. The molecule has 0 unspecified atom stereocenters. The zero-order valence-electron chi connectivity index (χ0n) is 9.68. The van der Waals surface area contributed by atoms with Gasteiger partial charge in [0.2, 0.25) is 0 Å². The van der Waals surface area contributed by atoms with Crippen molar-refractivity contribution in [3.63, 3.8) is 0 Å². The van der Waals surface area contributed by atoms with Gasteiger partial charge in [0, 0.05) is 17.3 Å². The van der Waals surface area contributed by atoms with E-state index in [2.05, 4.69) is 20.7 Å². The van der Waals surface area contributed by atoms with Gasteiger partial charge in [0.05, 0.1) is 0 Å². The van der Waals surface area contributed by atoms with Crippen molar-refractivity contribution in [1.82, 2.24) is 0 Å². The molecule has 0 atom stereocenters. The van der Waals surface area contributed by atoms with Gasteiger partial charge in [0.15, 0.2) is 5.78 Å². The number of halogens is 4. The summed E-state index contributed by atoms with van der Waals surface area (Å²) in [6, 6.07) is 3.80. The maximum Gasteiger partial charge on any atom is 0.573 e. The Morgan fingerprint density at radius 2 is 2.06 bits per heavy atom. The molecule has 0 radical (unpaired) electrons. The van der Waals surface area contributed by atoms with Crippen LogP contribution in [0.25, 0.3) is 0 Å². The van der Waals surface area contributed by atoms with Gasteiger partial charge in [-0.3, -0.25) is 4.79 Å². The van der Waals surface area contributed by atoms with Crippen molar-refractivity contribution in [3.8, 4) is 5.75 Å². The van der Waals surface area contributed by atoms with Crippen LogP contribution in [0.1, 0.15) is 29.3 Å². The number of hydrogen-bond donors (Lipinski definition) is 0. The minimum Gasteiger partial charge on any atom is -0.406 e. The fraction of sp³-hybridized carbons (Fsp3) is 0.417. The van der Waals surface area contributed by atoms with Crippen LogP contribution in [-0.2, 0) is 6.42 Å². The van der Waals surface area contributed by atoms with Crippen LogP contribution in [0, 0.1) is 0 Å². The van der Waals surface area contributed by atoms with Gasteiger partial charge in [-0.15, -0.1) is 13.2 Å². The fourth-order valence-corrected chi connectivity index (χ4v) is 1.91. The molecular weight excluding hydrogens is 313 g/mol. The molecule has 0 spiro atoms. The van der Waals surface area contributed by atoms with Crippen molar-refractivity contribution >= 4 is 21.7 Å². The topological polar surface area (TPSA) is 26.3 Å². The molecule has 100 valence electrons. The van der Waals surface area contributed by atoms with Gasteiger partial charge in [-0.1, -0.05) is 22.9 Å². The van der Waals surface area contributed by atoms with Crippen LogP contribution in [0.2, 0.25) is 0 Å². The highest BCUT2D eigenvalue weighted by Gasteiger charge is 2.31. The molecule has 0 heterocycles. The number of hydrogen-bond acceptors (Lipinski definition) is 2. The normalized spacial score (nSPS) is 11.4. The number of rotatable bonds is 5. The lowest BCUT2D eigenvalue weighted by molar-refractivity contribution is -0.274. The first kappa shape index (κ1) is 15.0. The maximum atomic E-state index is 12.1. The van der Waals surface area contributed by atoms with Gasteiger partial charge in [-0.2, -0.15) is 0 Å². The first-order valence-corrected chi connectivity index (χ1v) is 6.47. The summed E-state index contributed by atoms with van der Waals surface area (Å²) >= 11 is 3.15. The molecule has 0 saturated heterocycles. The first-order valence-electron chi connectivity index (χ1n) is 5.35. The van der Waals surface area contributed by atoms with E-state index in [1.54, 1.807) is 6.92 Å². The maximum absolute atomic E-state index is 12.1. The van der Waals surface area contributed by atoms with E-state index in [0.29, 0.717) is 29.3 Å². The highest BCUT2D eigenvalue weighted by atomic mass is 79.9. The van der Waals surface area contributed by atoms with E-state index >= 15 is 0 Å². The second-order valence-corrected chi connectivity index (χ2v) is 4.38. The molecule has 1 aromatic rings. The second kappa shape index (κ2) is 6.22. The van der Waals surface area contributed by atoms with Crippen LogP contribution in [0.5, 0.6) is 5.75 Å².